The molecule has 0 spiro atoms. The molecule has 4 fully saturated rings. The smallest absolute Gasteiger partial charge is 0.155 e. The number of carbonyl (C=O) groups excluding carboxylic acids is 2. The number of alkyl halides is 1. The van der Waals surface area contributed by atoms with Crippen molar-refractivity contribution in [1.29, 1.82) is 0 Å². The molecule has 0 aromatic heterocycles. The molecule has 0 aliphatic heterocycles. The van der Waals surface area contributed by atoms with Gasteiger partial charge in [-0.3, -0.25) is 9.59 Å². The molecule has 5 rings (SSSR count). The van der Waals surface area contributed by atoms with E-state index in [0.717, 1.165) is 25.7 Å². The second-order valence-corrected chi connectivity index (χ2v) is 9.32. The van der Waals surface area contributed by atoms with Gasteiger partial charge in [0.1, 0.15) is 12.0 Å². The predicted molar refractivity (Wildman–Crippen MR) is 84.4 cm³/mol. The van der Waals surface area contributed by atoms with Crippen molar-refractivity contribution in [3.63, 3.8) is 0 Å². The molecule has 5 aliphatic carbocycles. The summed E-state index contributed by atoms with van der Waals surface area (Å²) in [6.07, 6.45) is 5.64. The van der Waals surface area contributed by atoms with Crippen LogP contribution in [0, 0.1) is 40.4 Å². The second-order valence-electron chi connectivity index (χ2n) is 9.32. The highest BCUT2D eigenvalue weighted by Crippen LogP contribution is 2.72. The van der Waals surface area contributed by atoms with Crippen molar-refractivity contribution in [2.75, 3.05) is 0 Å². The Balaban J connectivity index is 1.59. The third kappa shape index (κ3) is 1.59. The Bertz CT molecular complexity index is 652. The van der Waals surface area contributed by atoms with E-state index in [1.165, 1.54) is 5.57 Å². The molecular weight excluding hydrogens is 291 g/mol. The van der Waals surface area contributed by atoms with E-state index in [1.54, 1.807) is 0 Å². The van der Waals surface area contributed by atoms with Crippen LogP contribution in [0.3, 0.4) is 0 Å². The molecule has 0 aromatic rings. The number of hydrogen-bond acceptors (Lipinski definition) is 2. The number of fused-ring (bicyclic) bond motifs is 7. The first-order chi connectivity index (χ1) is 10.9. The molecule has 0 amide bonds. The Morgan fingerprint density at radius 3 is 2.65 bits per heavy atom. The molecule has 0 heterocycles. The highest BCUT2D eigenvalue weighted by Gasteiger charge is 2.72. The Kier molecular flexibility index (Phi) is 2.59. The van der Waals surface area contributed by atoms with Crippen molar-refractivity contribution in [3.8, 4) is 0 Å². The van der Waals surface area contributed by atoms with E-state index in [1.807, 2.05) is 13.0 Å². The van der Waals surface area contributed by atoms with Gasteiger partial charge in [-0.25, -0.2) is 4.39 Å². The van der Waals surface area contributed by atoms with E-state index in [-0.39, 0.29) is 23.0 Å². The van der Waals surface area contributed by atoms with Crippen LogP contribution < -0.4 is 0 Å². The van der Waals surface area contributed by atoms with Crippen LogP contribution in [-0.4, -0.2) is 17.7 Å². The summed E-state index contributed by atoms with van der Waals surface area (Å²) in [5.41, 5.74) is 0.627. The van der Waals surface area contributed by atoms with E-state index < -0.39 is 11.6 Å². The summed E-state index contributed by atoms with van der Waals surface area (Å²) in [6, 6.07) is 0. The van der Waals surface area contributed by atoms with Crippen LogP contribution in [0.4, 0.5) is 4.39 Å². The topological polar surface area (TPSA) is 34.1 Å². The first-order valence-electron chi connectivity index (χ1n) is 9.28. The molecule has 2 nitrogen and oxygen atoms in total. The Hall–Kier alpha value is -0.990. The summed E-state index contributed by atoms with van der Waals surface area (Å²) in [4.78, 5) is 24.5. The summed E-state index contributed by atoms with van der Waals surface area (Å²) < 4.78 is 15.4. The lowest BCUT2D eigenvalue weighted by Gasteiger charge is -2.58. The number of rotatable bonds is 0. The van der Waals surface area contributed by atoms with Gasteiger partial charge in [-0.05, 0) is 61.3 Å². The van der Waals surface area contributed by atoms with E-state index in [9.17, 15) is 9.59 Å². The summed E-state index contributed by atoms with van der Waals surface area (Å²) in [7, 11) is 0. The maximum Gasteiger partial charge on any atom is 0.155 e. The second kappa shape index (κ2) is 4.15. The van der Waals surface area contributed by atoms with Crippen molar-refractivity contribution in [2.24, 2.45) is 40.4 Å². The van der Waals surface area contributed by atoms with Gasteiger partial charge in [0.25, 0.3) is 0 Å². The first kappa shape index (κ1) is 14.4. The van der Waals surface area contributed by atoms with E-state index in [2.05, 4.69) is 6.92 Å². The standard InChI is InChI=1S/C20H25FO2/c1-19-6-5-11(22)7-10(19)3-4-12-16-13-8-14(13)18(23)20(16,2)9-15(21)17(12)19/h7,12-17H,3-6,8-9H2,1-2H3/t12?,13-,14+,15?,16?,17?,19+,20+/m1/s1. The van der Waals surface area contributed by atoms with Crippen molar-refractivity contribution < 1.29 is 14.0 Å². The molecule has 0 saturated heterocycles. The number of carbonyl (C=O) groups is 2. The number of hydrogen-bond donors (Lipinski definition) is 0. The zero-order valence-corrected chi connectivity index (χ0v) is 14.0. The number of allylic oxidation sites excluding steroid dienone is 1. The molecule has 8 atom stereocenters. The maximum absolute atomic E-state index is 15.4. The van der Waals surface area contributed by atoms with Gasteiger partial charge < -0.3 is 0 Å². The summed E-state index contributed by atoms with van der Waals surface area (Å²) in [5.74, 6) is 2.10. The van der Waals surface area contributed by atoms with Gasteiger partial charge in [0.2, 0.25) is 0 Å². The lowest BCUT2D eigenvalue weighted by molar-refractivity contribution is -0.143. The van der Waals surface area contributed by atoms with Crippen molar-refractivity contribution in [1.82, 2.24) is 0 Å². The normalized spacial score (nSPS) is 57.1. The zero-order chi connectivity index (χ0) is 16.1. The quantitative estimate of drug-likeness (QED) is 0.679. The van der Waals surface area contributed by atoms with Crippen LogP contribution in [0.25, 0.3) is 0 Å². The largest absolute Gasteiger partial charge is 0.299 e. The van der Waals surface area contributed by atoms with Gasteiger partial charge in [0.15, 0.2) is 5.78 Å². The van der Waals surface area contributed by atoms with Crippen LogP contribution in [-0.2, 0) is 9.59 Å². The van der Waals surface area contributed by atoms with Gasteiger partial charge in [0.05, 0.1) is 0 Å². The van der Waals surface area contributed by atoms with Gasteiger partial charge in [-0.1, -0.05) is 19.4 Å². The third-order valence-corrected chi connectivity index (χ3v) is 8.31. The number of halogens is 1. The number of Topliss-reactive ketones (excluding diaryl/α,β-unsaturated/α-hetero) is 1. The van der Waals surface area contributed by atoms with Crippen molar-refractivity contribution in [3.05, 3.63) is 11.6 Å². The first-order valence-corrected chi connectivity index (χ1v) is 9.28. The highest BCUT2D eigenvalue weighted by molar-refractivity contribution is 5.93. The Morgan fingerprint density at radius 1 is 1.09 bits per heavy atom. The molecule has 4 unspecified atom stereocenters. The average molecular weight is 316 g/mol. The van der Waals surface area contributed by atoms with Crippen LogP contribution >= 0.6 is 0 Å². The van der Waals surface area contributed by atoms with Crippen molar-refractivity contribution in [2.45, 2.75) is 58.5 Å². The van der Waals surface area contributed by atoms with Gasteiger partial charge >= 0.3 is 0 Å². The van der Waals surface area contributed by atoms with Crippen LogP contribution in [0.1, 0.15) is 52.4 Å². The van der Waals surface area contributed by atoms with Gasteiger partial charge in [0, 0.05) is 23.7 Å². The minimum Gasteiger partial charge on any atom is -0.299 e. The summed E-state index contributed by atoms with van der Waals surface area (Å²) >= 11 is 0. The maximum atomic E-state index is 15.4. The van der Waals surface area contributed by atoms with Gasteiger partial charge in [-0.15, -0.1) is 0 Å². The fourth-order valence-corrected chi connectivity index (χ4v) is 7.29. The molecule has 0 radical (unpaired) electrons. The van der Waals surface area contributed by atoms with E-state index in [4.69, 9.17) is 0 Å². The lowest BCUT2D eigenvalue weighted by Crippen LogP contribution is -2.56. The van der Waals surface area contributed by atoms with Gasteiger partial charge in [-0.2, -0.15) is 0 Å². The lowest BCUT2D eigenvalue weighted by atomic mass is 9.46. The monoisotopic (exact) mass is 316 g/mol. The summed E-state index contributed by atoms with van der Waals surface area (Å²) in [6.45, 7) is 4.24. The molecule has 0 N–H and O–H groups in total. The van der Waals surface area contributed by atoms with Crippen LogP contribution in [0.2, 0.25) is 0 Å². The molecule has 5 aliphatic rings. The molecule has 4 saturated carbocycles. The minimum atomic E-state index is -0.899. The Labute approximate surface area is 136 Å². The van der Waals surface area contributed by atoms with Crippen molar-refractivity contribution >= 4 is 11.6 Å². The average Bonchev–Trinajstić information content (AvgIpc) is 3.22. The molecule has 0 bridgehead atoms. The number of ketones is 2. The molecule has 124 valence electrons. The molecule has 23 heavy (non-hydrogen) atoms. The third-order valence-electron chi connectivity index (χ3n) is 8.31. The van der Waals surface area contributed by atoms with Crippen LogP contribution in [0.15, 0.2) is 11.6 Å². The molecular formula is C20H25FO2. The Morgan fingerprint density at radius 2 is 1.87 bits per heavy atom. The fourth-order valence-electron chi connectivity index (χ4n) is 7.29. The summed E-state index contributed by atoms with van der Waals surface area (Å²) in [5, 5.41) is 0. The fraction of sp³-hybridized carbons (Fsp3) is 0.800. The minimum absolute atomic E-state index is 0.0147. The zero-order valence-electron chi connectivity index (χ0n) is 14.0. The van der Waals surface area contributed by atoms with Crippen LogP contribution in [0.5, 0.6) is 0 Å². The van der Waals surface area contributed by atoms with E-state index in [0.29, 0.717) is 36.4 Å². The molecule has 0 aromatic carbocycles. The van der Waals surface area contributed by atoms with E-state index >= 15 is 4.39 Å². The molecule has 3 heteroatoms. The SMILES string of the molecule is C[C@]12CCC(=O)C=C1CCC1C2C(F)C[C@]2(C)C(=O)[C@H]3C[C@H]3C12. The predicted octanol–water partition coefficient (Wildman–Crippen LogP) is 3.89. The highest BCUT2D eigenvalue weighted by atomic mass is 19.1.